The van der Waals surface area contributed by atoms with Gasteiger partial charge in [0.05, 0.1) is 5.92 Å². The molecule has 2 fully saturated rings. The third kappa shape index (κ3) is 2.60. The summed E-state index contributed by atoms with van der Waals surface area (Å²) in [5, 5.41) is 12.3. The van der Waals surface area contributed by atoms with Crippen LogP contribution in [-0.2, 0) is 9.59 Å². The molecule has 0 spiro atoms. The van der Waals surface area contributed by atoms with Crippen molar-refractivity contribution in [3.8, 4) is 0 Å². The lowest BCUT2D eigenvalue weighted by atomic mass is 10.0. The number of hydrogen-bond acceptors (Lipinski definition) is 3. The molecule has 0 aromatic heterocycles. The highest BCUT2D eigenvalue weighted by Crippen LogP contribution is 2.26. The van der Waals surface area contributed by atoms with E-state index < -0.39 is 5.97 Å². The number of carboxylic acid groups (broad SMARTS) is 1. The van der Waals surface area contributed by atoms with Gasteiger partial charge in [0.25, 0.3) is 0 Å². The van der Waals surface area contributed by atoms with Gasteiger partial charge in [-0.3, -0.25) is 9.59 Å². The monoisotopic (exact) mass is 240 g/mol. The quantitative estimate of drug-likeness (QED) is 0.745. The van der Waals surface area contributed by atoms with Crippen LogP contribution in [0.4, 0.5) is 0 Å². The van der Waals surface area contributed by atoms with Crippen molar-refractivity contribution < 1.29 is 14.7 Å². The molecule has 5 heteroatoms. The maximum atomic E-state index is 12.1. The van der Waals surface area contributed by atoms with Crippen molar-refractivity contribution in [3.63, 3.8) is 0 Å². The molecular weight excluding hydrogens is 220 g/mol. The van der Waals surface area contributed by atoms with Crippen LogP contribution < -0.4 is 5.32 Å². The van der Waals surface area contributed by atoms with Crippen molar-refractivity contribution in [2.75, 3.05) is 19.6 Å². The fraction of sp³-hybridized carbons (Fsp3) is 0.833. The van der Waals surface area contributed by atoms with Gasteiger partial charge in [0.15, 0.2) is 0 Å². The van der Waals surface area contributed by atoms with Crippen molar-refractivity contribution in [2.24, 2.45) is 11.8 Å². The summed E-state index contributed by atoms with van der Waals surface area (Å²) >= 11 is 0. The molecule has 96 valence electrons. The molecule has 1 amide bonds. The van der Waals surface area contributed by atoms with Crippen LogP contribution >= 0.6 is 0 Å². The molecule has 2 aliphatic heterocycles. The second kappa shape index (κ2) is 5.04. The molecule has 2 rings (SSSR count). The standard InChI is InChI=1S/C12H20N2O3/c1-8-10(12(16)17)3-5-14(8)11(15)6-9-2-4-13-7-9/h8-10,13H,2-7H2,1H3,(H,16,17). The summed E-state index contributed by atoms with van der Waals surface area (Å²) in [4.78, 5) is 24.8. The topological polar surface area (TPSA) is 69.6 Å². The first kappa shape index (κ1) is 12.4. The molecule has 5 nitrogen and oxygen atoms in total. The molecule has 0 bridgehead atoms. The Kier molecular flexibility index (Phi) is 3.66. The Hall–Kier alpha value is -1.10. The Morgan fingerprint density at radius 2 is 2.18 bits per heavy atom. The zero-order chi connectivity index (χ0) is 12.4. The number of likely N-dealkylation sites (tertiary alicyclic amines) is 1. The van der Waals surface area contributed by atoms with Crippen molar-refractivity contribution in [3.05, 3.63) is 0 Å². The Labute approximate surface area is 101 Å². The maximum absolute atomic E-state index is 12.1. The number of amides is 1. The van der Waals surface area contributed by atoms with Crippen molar-refractivity contribution in [1.82, 2.24) is 10.2 Å². The van der Waals surface area contributed by atoms with E-state index in [4.69, 9.17) is 5.11 Å². The van der Waals surface area contributed by atoms with Crippen LogP contribution in [-0.4, -0.2) is 47.6 Å². The lowest BCUT2D eigenvalue weighted by Gasteiger charge is -2.24. The second-order valence-corrected chi connectivity index (χ2v) is 5.12. The summed E-state index contributed by atoms with van der Waals surface area (Å²) in [6, 6.07) is -0.158. The predicted octanol–water partition coefficient (Wildman–Crippen LogP) is 0.308. The first-order chi connectivity index (χ1) is 8.09. The lowest BCUT2D eigenvalue weighted by molar-refractivity contribution is -0.143. The summed E-state index contributed by atoms with van der Waals surface area (Å²) < 4.78 is 0. The number of nitrogens with one attached hydrogen (secondary N) is 1. The predicted molar refractivity (Wildman–Crippen MR) is 62.5 cm³/mol. The average Bonchev–Trinajstić information content (AvgIpc) is 2.86. The van der Waals surface area contributed by atoms with Crippen LogP contribution in [0.2, 0.25) is 0 Å². The molecule has 3 unspecified atom stereocenters. The van der Waals surface area contributed by atoms with Crippen LogP contribution in [0.15, 0.2) is 0 Å². The van der Waals surface area contributed by atoms with Crippen molar-refractivity contribution >= 4 is 11.9 Å². The van der Waals surface area contributed by atoms with E-state index in [1.807, 2.05) is 6.92 Å². The molecule has 2 N–H and O–H groups in total. The van der Waals surface area contributed by atoms with Crippen LogP contribution in [0, 0.1) is 11.8 Å². The van der Waals surface area contributed by atoms with Crippen LogP contribution in [0.25, 0.3) is 0 Å². The second-order valence-electron chi connectivity index (χ2n) is 5.12. The van der Waals surface area contributed by atoms with E-state index in [1.54, 1.807) is 4.90 Å². The van der Waals surface area contributed by atoms with Crippen molar-refractivity contribution in [1.29, 1.82) is 0 Å². The van der Waals surface area contributed by atoms with Gasteiger partial charge < -0.3 is 15.3 Å². The van der Waals surface area contributed by atoms with Gasteiger partial charge in [-0.05, 0) is 38.8 Å². The summed E-state index contributed by atoms with van der Waals surface area (Å²) in [6.45, 7) is 4.34. The van der Waals surface area contributed by atoms with Gasteiger partial charge in [-0.1, -0.05) is 0 Å². The average molecular weight is 240 g/mol. The summed E-state index contributed by atoms with van der Waals surface area (Å²) in [5.41, 5.74) is 0. The first-order valence-corrected chi connectivity index (χ1v) is 6.32. The van der Waals surface area contributed by atoms with Crippen LogP contribution in [0.1, 0.15) is 26.2 Å². The van der Waals surface area contributed by atoms with E-state index in [0.29, 0.717) is 25.3 Å². The normalized spacial score (nSPS) is 33.0. The molecule has 2 saturated heterocycles. The molecule has 2 aliphatic rings. The molecule has 0 saturated carbocycles. The minimum Gasteiger partial charge on any atom is -0.481 e. The Balaban J connectivity index is 1.89. The van der Waals surface area contributed by atoms with Gasteiger partial charge >= 0.3 is 5.97 Å². The van der Waals surface area contributed by atoms with E-state index >= 15 is 0 Å². The van der Waals surface area contributed by atoms with E-state index in [9.17, 15) is 9.59 Å². The zero-order valence-corrected chi connectivity index (χ0v) is 10.2. The van der Waals surface area contributed by atoms with Gasteiger partial charge in [-0.15, -0.1) is 0 Å². The Morgan fingerprint density at radius 1 is 1.41 bits per heavy atom. The summed E-state index contributed by atoms with van der Waals surface area (Å²) in [7, 11) is 0. The number of hydrogen-bond donors (Lipinski definition) is 2. The SMILES string of the molecule is CC1C(C(=O)O)CCN1C(=O)CC1CCNC1. The van der Waals surface area contributed by atoms with E-state index in [2.05, 4.69) is 5.32 Å². The lowest BCUT2D eigenvalue weighted by Crippen LogP contribution is -2.38. The minimum atomic E-state index is -0.782. The van der Waals surface area contributed by atoms with Gasteiger partial charge in [0, 0.05) is 19.0 Å². The largest absolute Gasteiger partial charge is 0.481 e. The van der Waals surface area contributed by atoms with E-state index in [-0.39, 0.29) is 17.9 Å². The molecular formula is C12H20N2O3. The van der Waals surface area contributed by atoms with Gasteiger partial charge in [0.1, 0.15) is 0 Å². The molecule has 17 heavy (non-hydrogen) atoms. The fourth-order valence-corrected chi connectivity index (χ4v) is 2.87. The fourth-order valence-electron chi connectivity index (χ4n) is 2.87. The number of carbonyl (C=O) groups excluding carboxylic acids is 1. The number of carbonyl (C=O) groups is 2. The molecule has 0 aromatic carbocycles. The summed E-state index contributed by atoms with van der Waals surface area (Å²) in [5.74, 6) is -0.621. The third-order valence-electron chi connectivity index (χ3n) is 4.02. The number of rotatable bonds is 3. The number of nitrogens with zero attached hydrogens (tertiary/aromatic N) is 1. The van der Waals surface area contributed by atoms with Gasteiger partial charge in [-0.25, -0.2) is 0 Å². The zero-order valence-electron chi connectivity index (χ0n) is 10.2. The van der Waals surface area contributed by atoms with Crippen molar-refractivity contribution in [2.45, 2.75) is 32.2 Å². The van der Waals surface area contributed by atoms with E-state index in [1.165, 1.54) is 0 Å². The molecule has 2 heterocycles. The molecule has 3 atom stereocenters. The summed E-state index contributed by atoms with van der Waals surface area (Å²) in [6.07, 6.45) is 2.20. The minimum absolute atomic E-state index is 0.120. The smallest absolute Gasteiger partial charge is 0.308 e. The van der Waals surface area contributed by atoms with Crippen LogP contribution in [0.3, 0.4) is 0 Å². The molecule has 0 aliphatic carbocycles. The maximum Gasteiger partial charge on any atom is 0.308 e. The van der Waals surface area contributed by atoms with Crippen LogP contribution in [0.5, 0.6) is 0 Å². The third-order valence-corrected chi connectivity index (χ3v) is 4.02. The highest BCUT2D eigenvalue weighted by atomic mass is 16.4. The Bertz CT molecular complexity index is 313. The number of aliphatic carboxylic acids is 1. The first-order valence-electron chi connectivity index (χ1n) is 6.32. The molecule has 0 radical (unpaired) electrons. The van der Waals surface area contributed by atoms with E-state index in [0.717, 1.165) is 19.5 Å². The molecule has 0 aromatic rings. The highest BCUT2D eigenvalue weighted by molar-refractivity contribution is 5.79. The van der Waals surface area contributed by atoms with Gasteiger partial charge in [-0.2, -0.15) is 0 Å². The van der Waals surface area contributed by atoms with Gasteiger partial charge in [0.2, 0.25) is 5.91 Å². The highest BCUT2D eigenvalue weighted by Gasteiger charge is 2.38. The Morgan fingerprint density at radius 3 is 2.71 bits per heavy atom. The number of carboxylic acids is 1.